The normalized spacial score (nSPS) is 27.1. The van der Waals surface area contributed by atoms with E-state index in [1.165, 1.54) is 0 Å². The second kappa shape index (κ2) is 7.41. The topological polar surface area (TPSA) is 20.3 Å². The highest BCUT2D eigenvalue weighted by Crippen LogP contribution is 2.41. The number of benzene rings is 1. The van der Waals surface area contributed by atoms with Crippen molar-refractivity contribution in [2.45, 2.75) is 23.2 Å². The number of rotatable bonds is 6. The van der Waals surface area contributed by atoms with Crippen LogP contribution < -0.4 is 0 Å². The molecule has 0 radical (unpaired) electrons. The molecule has 0 bridgehead atoms. The molecule has 1 saturated heterocycles. The summed E-state index contributed by atoms with van der Waals surface area (Å²) < 4.78 is 0. The zero-order valence-electron chi connectivity index (χ0n) is 11.4. The van der Waals surface area contributed by atoms with Crippen molar-refractivity contribution < 1.29 is 4.79 Å². The van der Waals surface area contributed by atoms with Gasteiger partial charge in [0.05, 0.1) is 0 Å². The van der Waals surface area contributed by atoms with E-state index < -0.39 is 4.87 Å². The number of nitrogens with zero attached hydrogens (tertiary/aromatic N) is 1. The Morgan fingerprint density at radius 3 is 2.52 bits per heavy atom. The molecule has 116 valence electrons. The number of hydrogen-bond acceptors (Lipinski definition) is 1. The predicted molar refractivity (Wildman–Crippen MR) is 89.6 cm³/mol. The third-order valence-corrected chi connectivity index (χ3v) is 5.66. The van der Waals surface area contributed by atoms with E-state index in [2.05, 4.69) is 0 Å². The lowest BCUT2D eigenvalue weighted by Crippen LogP contribution is -2.41. The minimum atomic E-state index is -1.04. The first-order chi connectivity index (χ1) is 10.0. The Kier molecular flexibility index (Phi) is 6.07. The number of hydrogen-bond donors (Lipinski definition) is 0. The van der Waals surface area contributed by atoms with Gasteiger partial charge in [0.15, 0.2) is 0 Å². The zero-order chi connectivity index (χ0) is 15.5. The van der Waals surface area contributed by atoms with E-state index in [0.29, 0.717) is 25.4 Å². The van der Waals surface area contributed by atoms with Gasteiger partial charge in [-0.2, -0.15) is 0 Å². The molecule has 1 fully saturated rings. The molecule has 2 rings (SSSR count). The maximum atomic E-state index is 12.7. The highest BCUT2D eigenvalue weighted by atomic mass is 35.5. The molecule has 1 aliphatic heterocycles. The summed E-state index contributed by atoms with van der Waals surface area (Å²) in [7, 11) is 0. The summed E-state index contributed by atoms with van der Waals surface area (Å²) in [5.74, 6) is 0.361. The first kappa shape index (κ1) is 17.2. The van der Waals surface area contributed by atoms with Crippen molar-refractivity contribution in [3.63, 3.8) is 0 Å². The van der Waals surface area contributed by atoms with Crippen LogP contribution in [0.5, 0.6) is 0 Å². The van der Waals surface area contributed by atoms with Crippen LogP contribution in [0.2, 0.25) is 0 Å². The largest absolute Gasteiger partial charge is 0.336 e. The molecule has 0 N–H and O–H groups in total. The van der Waals surface area contributed by atoms with Gasteiger partial charge in [-0.3, -0.25) is 4.79 Å². The molecule has 2 nitrogen and oxygen atoms in total. The average Bonchev–Trinajstić information content (AvgIpc) is 2.72. The van der Waals surface area contributed by atoms with Crippen molar-refractivity contribution >= 4 is 52.3 Å². The Balaban J connectivity index is 2.15. The summed E-state index contributed by atoms with van der Waals surface area (Å²) in [5, 5.41) is -0.337. The number of likely N-dealkylation sites (tertiary alicyclic amines) is 1. The van der Waals surface area contributed by atoms with Crippen LogP contribution in [0.1, 0.15) is 12.0 Å². The molecule has 0 aliphatic carbocycles. The summed E-state index contributed by atoms with van der Waals surface area (Å²) in [4.78, 5) is 13.4. The smallest absolute Gasteiger partial charge is 0.244 e. The standard InChI is InChI=1S/C15H17Cl4NO/c16-7-12-10-20(9-11-4-2-1-3-5-11)14(21)15(12,19)6-13(18)8-17/h1-5,12-13H,6-10H2/t12-,13?,15-/m0/s1. The molecule has 21 heavy (non-hydrogen) atoms. The molecule has 1 aliphatic rings. The first-order valence-electron chi connectivity index (χ1n) is 6.79. The zero-order valence-corrected chi connectivity index (χ0v) is 14.5. The van der Waals surface area contributed by atoms with Gasteiger partial charge in [0.2, 0.25) is 5.91 Å². The monoisotopic (exact) mass is 367 g/mol. The van der Waals surface area contributed by atoms with Gasteiger partial charge in [-0.15, -0.1) is 46.4 Å². The van der Waals surface area contributed by atoms with Crippen LogP contribution in [0.3, 0.4) is 0 Å². The third-order valence-electron chi connectivity index (χ3n) is 3.82. The van der Waals surface area contributed by atoms with E-state index in [4.69, 9.17) is 46.4 Å². The van der Waals surface area contributed by atoms with Gasteiger partial charge in [0.1, 0.15) is 4.87 Å². The van der Waals surface area contributed by atoms with Crippen molar-refractivity contribution in [2.75, 3.05) is 18.3 Å². The van der Waals surface area contributed by atoms with E-state index in [0.717, 1.165) is 5.56 Å². The van der Waals surface area contributed by atoms with Crippen molar-refractivity contribution in [3.8, 4) is 0 Å². The Hall–Kier alpha value is -0.150. The molecule has 1 heterocycles. The SMILES string of the molecule is O=C1N(Cc2ccccc2)C[C@H](CCl)[C@@]1(Cl)CC(Cl)CCl. The number of amides is 1. The quantitative estimate of drug-likeness (QED) is 0.692. The molecule has 1 aromatic rings. The van der Waals surface area contributed by atoms with E-state index in [1.54, 1.807) is 4.90 Å². The van der Waals surface area contributed by atoms with Crippen LogP contribution >= 0.6 is 46.4 Å². The molecule has 1 amide bonds. The summed E-state index contributed by atoms with van der Waals surface area (Å²) in [5.41, 5.74) is 1.07. The van der Waals surface area contributed by atoms with Crippen LogP contribution in [0.25, 0.3) is 0 Å². The summed E-state index contributed by atoms with van der Waals surface area (Å²) >= 11 is 24.5. The fraction of sp³-hybridized carbons (Fsp3) is 0.533. The van der Waals surface area contributed by atoms with Crippen LogP contribution in [-0.2, 0) is 11.3 Å². The van der Waals surface area contributed by atoms with Crippen molar-refractivity contribution in [3.05, 3.63) is 35.9 Å². The van der Waals surface area contributed by atoms with Crippen LogP contribution in [0, 0.1) is 5.92 Å². The third kappa shape index (κ3) is 3.79. The van der Waals surface area contributed by atoms with Crippen molar-refractivity contribution in [1.82, 2.24) is 4.90 Å². The fourth-order valence-corrected chi connectivity index (χ4v) is 4.00. The van der Waals surface area contributed by atoms with E-state index in [9.17, 15) is 4.79 Å². The number of carbonyl (C=O) groups excluding carboxylic acids is 1. The number of carbonyl (C=O) groups is 1. The molecule has 3 atom stereocenters. The molecule has 1 aromatic carbocycles. The summed E-state index contributed by atoms with van der Waals surface area (Å²) in [6.07, 6.45) is 0.334. The van der Waals surface area contributed by atoms with Crippen molar-refractivity contribution in [1.29, 1.82) is 0 Å². The lowest BCUT2D eigenvalue weighted by molar-refractivity contribution is -0.130. The number of alkyl halides is 4. The molecule has 0 saturated carbocycles. The van der Waals surface area contributed by atoms with Gasteiger partial charge in [0.25, 0.3) is 0 Å². The second-order valence-electron chi connectivity index (χ2n) is 5.34. The van der Waals surface area contributed by atoms with Gasteiger partial charge in [-0.1, -0.05) is 30.3 Å². The Bertz CT molecular complexity index is 484. The first-order valence-corrected chi connectivity index (χ1v) is 8.67. The molecule has 6 heteroatoms. The van der Waals surface area contributed by atoms with E-state index >= 15 is 0 Å². The van der Waals surface area contributed by atoms with Gasteiger partial charge >= 0.3 is 0 Å². The molecular formula is C15H17Cl4NO. The minimum Gasteiger partial charge on any atom is -0.336 e. The Morgan fingerprint density at radius 2 is 1.95 bits per heavy atom. The summed E-state index contributed by atoms with van der Waals surface area (Å²) in [6.45, 7) is 1.09. The van der Waals surface area contributed by atoms with E-state index in [-0.39, 0.29) is 23.1 Å². The van der Waals surface area contributed by atoms with Gasteiger partial charge in [0, 0.05) is 36.1 Å². The lowest BCUT2D eigenvalue weighted by atomic mass is 9.91. The second-order valence-corrected chi connectivity index (χ2v) is 7.25. The fourth-order valence-electron chi connectivity index (χ4n) is 2.67. The molecule has 1 unspecified atom stereocenters. The summed E-state index contributed by atoms with van der Waals surface area (Å²) in [6, 6.07) is 9.82. The van der Waals surface area contributed by atoms with Crippen LogP contribution in [0.4, 0.5) is 0 Å². The lowest BCUT2D eigenvalue weighted by Gasteiger charge is -2.26. The van der Waals surface area contributed by atoms with Crippen molar-refractivity contribution in [2.24, 2.45) is 5.92 Å². The molecular weight excluding hydrogens is 352 g/mol. The highest BCUT2D eigenvalue weighted by Gasteiger charge is 2.52. The Labute approximate surface area is 145 Å². The molecule has 0 spiro atoms. The van der Waals surface area contributed by atoms with Gasteiger partial charge in [-0.05, 0) is 12.0 Å². The maximum absolute atomic E-state index is 12.7. The number of halogens is 4. The van der Waals surface area contributed by atoms with E-state index in [1.807, 2.05) is 30.3 Å². The van der Waals surface area contributed by atoms with Crippen LogP contribution in [0.15, 0.2) is 30.3 Å². The highest BCUT2D eigenvalue weighted by molar-refractivity contribution is 6.37. The molecule has 0 aromatic heterocycles. The maximum Gasteiger partial charge on any atom is 0.244 e. The predicted octanol–water partition coefficient (Wildman–Crippen LogP) is 4.10. The van der Waals surface area contributed by atoms with Gasteiger partial charge in [-0.25, -0.2) is 0 Å². The minimum absolute atomic E-state index is 0.102. The Morgan fingerprint density at radius 1 is 1.29 bits per heavy atom. The van der Waals surface area contributed by atoms with Crippen LogP contribution in [-0.4, -0.2) is 39.4 Å². The van der Waals surface area contributed by atoms with Gasteiger partial charge < -0.3 is 4.90 Å². The average molecular weight is 369 g/mol.